The molecule has 3 heterocycles. The van der Waals surface area contributed by atoms with Crippen molar-refractivity contribution in [2.45, 2.75) is 17.9 Å². The Hall–Kier alpha value is -2.03. The maximum absolute atomic E-state index is 14.4. The Labute approximate surface area is 111 Å². The zero-order valence-electron chi connectivity index (χ0n) is 10.3. The fourth-order valence-electron chi connectivity index (χ4n) is 2.70. The number of halogens is 2. The van der Waals surface area contributed by atoms with Gasteiger partial charge in [0.05, 0.1) is 19.2 Å². The van der Waals surface area contributed by atoms with Crippen molar-refractivity contribution < 1.29 is 22.9 Å². The van der Waals surface area contributed by atoms with E-state index in [1.165, 1.54) is 17.0 Å². The summed E-state index contributed by atoms with van der Waals surface area (Å²) in [5, 5.41) is 12.7. The Bertz CT molecular complexity index is 592. The predicted octanol–water partition coefficient (Wildman–Crippen LogP) is 0.550. The number of nitro groups is 1. The van der Waals surface area contributed by atoms with E-state index in [4.69, 9.17) is 4.42 Å². The van der Waals surface area contributed by atoms with Crippen LogP contribution in [-0.4, -0.2) is 46.7 Å². The number of nitrogens with one attached hydrogen (secondary N) is 1. The smallest absolute Gasteiger partial charge is 0.404 e. The molecule has 3 rings (SSSR count). The first-order valence-electron chi connectivity index (χ1n) is 5.96. The molecule has 2 saturated heterocycles. The molecule has 108 valence electrons. The Morgan fingerprint density at radius 3 is 2.80 bits per heavy atom. The van der Waals surface area contributed by atoms with Crippen molar-refractivity contribution in [3.63, 3.8) is 0 Å². The molecule has 2 aliphatic rings. The number of alkyl halides is 2. The van der Waals surface area contributed by atoms with Crippen LogP contribution in [-0.2, 0) is 11.3 Å². The third-order valence-electron chi connectivity index (χ3n) is 3.72. The van der Waals surface area contributed by atoms with Gasteiger partial charge in [0.25, 0.3) is 5.91 Å². The van der Waals surface area contributed by atoms with E-state index in [0.29, 0.717) is 0 Å². The van der Waals surface area contributed by atoms with Gasteiger partial charge in [-0.15, -0.1) is 0 Å². The van der Waals surface area contributed by atoms with Crippen molar-refractivity contribution in [1.29, 1.82) is 0 Å². The summed E-state index contributed by atoms with van der Waals surface area (Å²) in [7, 11) is 0. The van der Waals surface area contributed by atoms with Gasteiger partial charge < -0.3 is 9.73 Å². The second-order valence-electron chi connectivity index (χ2n) is 5.09. The number of fused-ring (bicyclic) bond motifs is 1. The summed E-state index contributed by atoms with van der Waals surface area (Å²) >= 11 is 0. The SMILES string of the molecule is O=C1NC[C@]2(F)CN(Cc3ccc([N+](=O)[O-])o3)C[C@]12F. The average molecular weight is 287 g/mol. The molecule has 1 aromatic rings. The molecule has 0 unspecified atom stereocenters. The highest BCUT2D eigenvalue weighted by atomic mass is 19.2. The summed E-state index contributed by atoms with van der Waals surface area (Å²) in [6.07, 6.45) is 0. The minimum absolute atomic E-state index is 0.0124. The largest absolute Gasteiger partial charge is 0.433 e. The van der Waals surface area contributed by atoms with E-state index in [2.05, 4.69) is 5.32 Å². The molecule has 1 amide bonds. The molecular formula is C11H11F2N3O4. The molecule has 1 N–H and O–H groups in total. The van der Waals surface area contributed by atoms with E-state index in [-0.39, 0.29) is 25.4 Å². The molecule has 0 aliphatic carbocycles. The van der Waals surface area contributed by atoms with Crippen LogP contribution in [0.15, 0.2) is 16.5 Å². The zero-order valence-corrected chi connectivity index (χ0v) is 10.3. The number of nitrogens with zero attached hydrogens (tertiary/aromatic N) is 2. The van der Waals surface area contributed by atoms with Crippen molar-refractivity contribution in [3.8, 4) is 0 Å². The van der Waals surface area contributed by atoms with Gasteiger partial charge in [-0.2, -0.15) is 0 Å². The van der Waals surface area contributed by atoms with Gasteiger partial charge in [-0.1, -0.05) is 0 Å². The van der Waals surface area contributed by atoms with E-state index in [1.54, 1.807) is 0 Å². The first-order valence-corrected chi connectivity index (χ1v) is 5.96. The zero-order chi connectivity index (χ0) is 14.5. The number of amides is 1. The van der Waals surface area contributed by atoms with Crippen LogP contribution in [0, 0.1) is 10.1 Å². The van der Waals surface area contributed by atoms with Crippen molar-refractivity contribution in [3.05, 3.63) is 28.0 Å². The topological polar surface area (TPSA) is 88.6 Å². The van der Waals surface area contributed by atoms with Crippen molar-refractivity contribution >= 4 is 11.8 Å². The van der Waals surface area contributed by atoms with Gasteiger partial charge in [0.1, 0.15) is 10.7 Å². The molecular weight excluding hydrogens is 276 g/mol. The molecule has 0 saturated carbocycles. The maximum Gasteiger partial charge on any atom is 0.433 e. The summed E-state index contributed by atoms with van der Waals surface area (Å²) in [4.78, 5) is 22.6. The van der Waals surface area contributed by atoms with E-state index in [9.17, 15) is 23.7 Å². The first kappa shape index (κ1) is 13.0. The van der Waals surface area contributed by atoms with Crippen molar-refractivity contribution in [2.75, 3.05) is 19.6 Å². The number of hydrogen-bond acceptors (Lipinski definition) is 5. The average Bonchev–Trinajstić information content (AvgIpc) is 2.97. The summed E-state index contributed by atoms with van der Waals surface area (Å²) < 4.78 is 33.7. The quantitative estimate of drug-likeness (QED) is 0.648. The van der Waals surface area contributed by atoms with Gasteiger partial charge in [0.2, 0.25) is 5.67 Å². The highest BCUT2D eigenvalue weighted by Crippen LogP contribution is 2.42. The van der Waals surface area contributed by atoms with E-state index >= 15 is 0 Å². The van der Waals surface area contributed by atoms with Gasteiger partial charge in [-0.3, -0.25) is 19.8 Å². The third-order valence-corrected chi connectivity index (χ3v) is 3.72. The van der Waals surface area contributed by atoms with Gasteiger partial charge in [0, 0.05) is 13.1 Å². The molecule has 0 bridgehead atoms. The first-order chi connectivity index (χ1) is 9.34. The number of carbonyl (C=O) groups excluding carboxylic acids is 1. The second kappa shape index (κ2) is 3.98. The van der Waals surface area contributed by atoms with Crippen LogP contribution in [0.1, 0.15) is 5.76 Å². The molecule has 9 heteroatoms. The lowest BCUT2D eigenvalue weighted by atomic mass is 9.93. The van der Waals surface area contributed by atoms with E-state index in [1.807, 2.05) is 0 Å². The molecule has 2 fully saturated rings. The molecule has 0 spiro atoms. The minimum Gasteiger partial charge on any atom is -0.404 e. The Morgan fingerprint density at radius 2 is 2.20 bits per heavy atom. The summed E-state index contributed by atoms with van der Waals surface area (Å²) in [6.45, 7) is -1.02. The van der Waals surface area contributed by atoms with Crippen LogP contribution in [0.4, 0.5) is 14.7 Å². The van der Waals surface area contributed by atoms with Gasteiger partial charge in [0.15, 0.2) is 5.67 Å². The van der Waals surface area contributed by atoms with Crippen LogP contribution in [0.2, 0.25) is 0 Å². The molecule has 20 heavy (non-hydrogen) atoms. The number of hydrogen-bond donors (Lipinski definition) is 1. The monoisotopic (exact) mass is 287 g/mol. The molecule has 0 aromatic carbocycles. The lowest BCUT2D eigenvalue weighted by Gasteiger charge is -2.19. The molecule has 2 atom stereocenters. The van der Waals surface area contributed by atoms with Gasteiger partial charge in [-0.05, 0) is 6.07 Å². The molecule has 7 nitrogen and oxygen atoms in total. The standard InChI is InChI=1S/C11H11F2N3O4/c12-10-4-14-9(17)11(10,13)6-15(5-10)3-7-1-2-8(20-7)16(18)19/h1-2H,3-6H2,(H,14,17)/t10-,11-/m0/s1. The minimum atomic E-state index is -2.56. The third kappa shape index (κ3) is 1.69. The van der Waals surface area contributed by atoms with Crippen LogP contribution < -0.4 is 5.32 Å². The Morgan fingerprint density at radius 1 is 1.45 bits per heavy atom. The lowest BCUT2D eigenvalue weighted by molar-refractivity contribution is -0.402. The number of likely N-dealkylation sites (tertiary alicyclic amines) is 1. The van der Waals surface area contributed by atoms with E-state index < -0.39 is 34.6 Å². The number of furan rings is 1. The van der Waals surface area contributed by atoms with Gasteiger partial charge >= 0.3 is 5.88 Å². The molecule has 1 aromatic heterocycles. The van der Waals surface area contributed by atoms with Crippen molar-refractivity contribution in [2.24, 2.45) is 0 Å². The summed E-state index contributed by atoms with van der Waals surface area (Å²) in [6, 6.07) is 2.55. The molecule has 0 radical (unpaired) electrons. The summed E-state index contributed by atoms with van der Waals surface area (Å²) in [5.41, 5.74) is -4.83. The highest BCUT2D eigenvalue weighted by molar-refractivity contribution is 5.90. The fraction of sp³-hybridized carbons (Fsp3) is 0.545. The lowest BCUT2D eigenvalue weighted by Crippen LogP contribution is -2.47. The molecule has 2 aliphatic heterocycles. The number of carbonyl (C=O) groups is 1. The van der Waals surface area contributed by atoms with Crippen LogP contribution in [0.5, 0.6) is 0 Å². The summed E-state index contributed by atoms with van der Waals surface area (Å²) in [5.74, 6) is -1.15. The van der Waals surface area contributed by atoms with Crippen molar-refractivity contribution in [1.82, 2.24) is 10.2 Å². The normalized spacial score (nSPS) is 33.2. The van der Waals surface area contributed by atoms with Gasteiger partial charge in [-0.25, -0.2) is 8.78 Å². The Kier molecular flexibility index (Phi) is 2.58. The predicted molar refractivity (Wildman–Crippen MR) is 61.3 cm³/mol. The van der Waals surface area contributed by atoms with Crippen LogP contribution in [0.3, 0.4) is 0 Å². The van der Waals surface area contributed by atoms with E-state index in [0.717, 1.165) is 0 Å². The van der Waals surface area contributed by atoms with Crippen LogP contribution in [0.25, 0.3) is 0 Å². The maximum atomic E-state index is 14.4. The Balaban J connectivity index is 1.74. The second-order valence-corrected chi connectivity index (χ2v) is 5.09. The highest BCUT2D eigenvalue weighted by Gasteiger charge is 2.68. The van der Waals surface area contributed by atoms with Crippen LogP contribution >= 0.6 is 0 Å². The fourth-order valence-corrected chi connectivity index (χ4v) is 2.70. The number of rotatable bonds is 3.